The first-order valence-corrected chi connectivity index (χ1v) is 9.35. The zero-order chi connectivity index (χ0) is 19.5. The van der Waals surface area contributed by atoms with Gasteiger partial charge in [0, 0.05) is 29.2 Å². The summed E-state index contributed by atoms with van der Waals surface area (Å²) in [6.45, 7) is 0.271. The molecule has 0 saturated carbocycles. The highest BCUT2D eigenvalue weighted by molar-refractivity contribution is 5.95. The number of nitrogens with one attached hydrogen (secondary N) is 1. The van der Waals surface area contributed by atoms with Gasteiger partial charge in [0.2, 0.25) is 0 Å². The fourth-order valence-electron chi connectivity index (χ4n) is 3.64. The quantitative estimate of drug-likeness (QED) is 0.506. The number of benzene rings is 2. The number of carbonyl (C=O) groups excluding carboxylic acids is 1. The fraction of sp³-hybridized carbons (Fsp3) is 0.273. The number of aryl methyl sites for hydroxylation is 2. The molecular formula is C22H21NO5. The number of aliphatic hydroxyl groups is 1. The van der Waals surface area contributed by atoms with Crippen molar-refractivity contribution in [3.63, 3.8) is 0 Å². The van der Waals surface area contributed by atoms with E-state index in [1.54, 1.807) is 24.3 Å². The largest absolute Gasteiger partial charge is 0.457 e. The Morgan fingerprint density at radius 3 is 2.75 bits per heavy atom. The molecule has 1 heterocycles. The van der Waals surface area contributed by atoms with E-state index < -0.39 is 11.6 Å². The number of anilines is 1. The molecule has 0 spiro atoms. The van der Waals surface area contributed by atoms with E-state index in [-0.39, 0.29) is 13.2 Å². The normalized spacial score (nSPS) is 12.8. The van der Waals surface area contributed by atoms with Gasteiger partial charge in [-0.2, -0.15) is 0 Å². The lowest BCUT2D eigenvalue weighted by atomic mass is 10.0. The van der Waals surface area contributed by atoms with E-state index in [2.05, 4.69) is 5.32 Å². The fourth-order valence-corrected chi connectivity index (χ4v) is 3.64. The van der Waals surface area contributed by atoms with Crippen LogP contribution in [0.1, 0.15) is 33.5 Å². The number of ether oxygens (including phenoxy) is 1. The predicted octanol–water partition coefficient (Wildman–Crippen LogP) is 3.04. The molecule has 0 fully saturated rings. The molecule has 28 heavy (non-hydrogen) atoms. The Bertz CT molecular complexity index is 1090. The number of aliphatic hydroxyl groups excluding tert-OH is 1. The van der Waals surface area contributed by atoms with Gasteiger partial charge in [-0.05, 0) is 54.7 Å². The molecule has 3 aromatic rings. The molecule has 0 bridgehead atoms. The van der Waals surface area contributed by atoms with E-state index >= 15 is 0 Å². The van der Waals surface area contributed by atoms with Gasteiger partial charge in [-0.1, -0.05) is 12.1 Å². The Kier molecular flexibility index (Phi) is 5.12. The molecule has 0 atom stereocenters. The highest BCUT2D eigenvalue weighted by Crippen LogP contribution is 2.29. The second-order valence-electron chi connectivity index (χ2n) is 6.83. The number of carbonyl (C=O) groups is 1. The molecule has 1 aromatic heterocycles. The monoisotopic (exact) mass is 379 g/mol. The first-order chi connectivity index (χ1) is 13.7. The molecule has 2 aromatic carbocycles. The number of para-hydroxylation sites is 1. The zero-order valence-corrected chi connectivity index (χ0v) is 15.4. The summed E-state index contributed by atoms with van der Waals surface area (Å²) in [5.74, 6) is -0.497. The van der Waals surface area contributed by atoms with Crippen molar-refractivity contribution in [2.24, 2.45) is 0 Å². The summed E-state index contributed by atoms with van der Waals surface area (Å²) in [6.07, 6.45) is 3.09. The Morgan fingerprint density at radius 2 is 1.93 bits per heavy atom. The molecule has 6 heteroatoms. The van der Waals surface area contributed by atoms with Crippen LogP contribution in [0.2, 0.25) is 0 Å². The standard InChI is InChI=1S/C22H21NO5/c24-9-8-23-19-7-2-1-6-17(19)22(26)27-13-16-12-21(25)28-20-11-15-5-3-4-14(15)10-18(16)20/h1-2,6-7,10-12,23-24H,3-5,8-9,13H2. The molecule has 0 unspecified atom stereocenters. The highest BCUT2D eigenvalue weighted by Gasteiger charge is 2.17. The molecule has 4 rings (SSSR count). The molecule has 0 aliphatic heterocycles. The van der Waals surface area contributed by atoms with E-state index in [1.807, 2.05) is 12.1 Å². The average Bonchev–Trinajstić information content (AvgIpc) is 3.16. The van der Waals surface area contributed by atoms with Gasteiger partial charge in [0.25, 0.3) is 0 Å². The van der Waals surface area contributed by atoms with Crippen LogP contribution < -0.4 is 10.9 Å². The topological polar surface area (TPSA) is 88.8 Å². The molecule has 0 amide bonds. The third kappa shape index (κ3) is 3.64. The third-order valence-electron chi connectivity index (χ3n) is 4.98. The number of esters is 1. The lowest BCUT2D eigenvalue weighted by Crippen LogP contribution is -2.13. The van der Waals surface area contributed by atoms with Crippen LogP contribution in [0.15, 0.2) is 51.7 Å². The Balaban J connectivity index is 1.59. The first kappa shape index (κ1) is 18.3. The summed E-state index contributed by atoms with van der Waals surface area (Å²) in [7, 11) is 0. The second kappa shape index (κ2) is 7.86. The van der Waals surface area contributed by atoms with E-state index in [0.29, 0.717) is 28.9 Å². The SMILES string of the molecule is O=C(OCc1cc(=O)oc2cc3c(cc12)CCC3)c1ccccc1NCCO. The molecule has 2 N–H and O–H groups in total. The van der Waals surface area contributed by atoms with Crippen LogP contribution in [-0.2, 0) is 24.2 Å². The molecule has 1 aliphatic carbocycles. The van der Waals surface area contributed by atoms with Crippen molar-refractivity contribution < 1.29 is 19.1 Å². The van der Waals surface area contributed by atoms with E-state index in [4.69, 9.17) is 14.3 Å². The second-order valence-corrected chi connectivity index (χ2v) is 6.83. The third-order valence-corrected chi connectivity index (χ3v) is 4.98. The lowest BCUT2D eigenvalue weighted by molar-refractivity contribution is 0.0475. The molecule has 144 valence electrons. The maximum absolute atomic E-state index is 12.6. The van der Waals surface area contributed by atoms with Crippen LogP contribution in [0.5, 0.6) is 0 Å². The van der Waals surface area contributed by atoms with Gasteiger partial charge in [-0.25, -0.2) is 9.59 Å². The van der Waals surface area contributed by atoms with Crippen LogP contribution in [0.3, 0.4) is 0 Å². The predicted molar refractivity (Wildman–Crippen MR) is 106 cm³/mol. The average molecular weight is 379 g/mol. The summed E-state index contributed by atoms with van der Waals surface area (Å²) in [4.78, 5) is 24.5. The Hall–Kier alpha value is -3.12. The van der Waals surface area contributed by atoms with Gasteiger partial charge in [0.1, 0.15) is 12.2 Å². The Morgan fingerprint density at radius 1 is 1.14 bits per heavy atom. The minimum Gasteiger partial charge on any atom is -0.457 e. The summed E-state index contributed by atoms with van der Waals surface area (Å²) in [6, 6.07) is 12.3. The summed E-state index contributed by atoms with van der Waals surface area (Å²) in [5.41, 5.74) is 4.16. The van der Waals surface area contributed by atoms with Crippen molar-refractivity contribution in [1.29, 1.82) is 0 Å². The van der Waals surface area contributed by atoms with Crippen LogP contribution in [-0.4, -0.2) is 24.2 Å². The van der Waals surface area contributed by atoms with Crippen molar-refractivity contribution in [3.8, 4) is 0 Å². The van der Waals surface area contributed by atoms with Crippen LogP contribution in [0, 0.1) is 0 Å². The number of hydrogen-bond donors (Lipinski definition) is 2. The zero-order valence-electron chi connectivity index (χ0n) is 15.4. The molecular weight excluding hydrogens is 358 g/mol. The molecule has 0 saturated heterocycles. The number of hydrogen-bond acceptors (Lipinski definition) is 6. The van der Waals surface area contributed by atoms with Crippen LogP contribution in [0.25, 0.3) is 11.0 Å². The van der Waals surface area contributed by atoms with E-state index in [0.717, 1.165) is 24.6 Å². The minimum absolute atomic E-state index is 0.0198. The van der Waals surface area contributed by atoms with Crippen LogP contribution in [0.4, 0.5) is 5.69 Å². The van der Waals surface area contributed by atoms with Crippen LogP contribution >= 0.6 is 0 Å². The molecule has 0 radical (unpaired) electrons. The minimum atomic E-state index is -0.497. The van der Waals surface area contributed by atoms with E-state index in [1.165, 1.54) is 17.2 Å². The summed E-state index contributed by atoms with van der Waals surface area (Å²) >= 11 is 0. The van der Waals surface area contributed by atoms with Gasteiger partial charge in [0.05, 0.1) is 12.2 Å². The van der Waals surface area contributed by atoms with Gasteiger partial charge >= 0.3 is 11.6 Å². The van der Waals surface area contributed by atoms with Gasteiger partial charge in [0.15, 0.2) is 0 Å². The summed E-state index contributed by atoms with van der Waals surface area (Å²) < 4.78 is 10.8. The summed E-state index contributed by atoms with van der Waals surface area (Å²) in [5, 5.41) is 12.8. The van der Waals surface area contributed by atoms with E-state index in [9.17, 15) is 9.59 Å². The molecule has 1 aliphatic rings. The van der Waals surface area contributed by atoms with Crippen molar-refractivity contribution in [2.75, 3.05) is 18.5 Å². The van der Waals surface area contributed by atoms with Gasteiger partial charge < -0.3 is 19.6 Å². The maximum atomic E-state index is 12.6. The number of fused-ring (bicyclic) bond motifs is 2. The maximum Gasteiger partial charge on any atom is 0.340 e. The first-order valence-electron chi connectivity index (χ1n) is 9.35. The van der Waals surface area contributed by atoms with Gasteiger partial charge in [-0.3, -0.25) is 0 Å². The smallest absolute Gasteiger partial charge is 0.340 e. The van der Waals surface area contributed by atoms with Crippen molar-refractivity contribution in [1.82, 2.24) is 0 Å². The van der Waals surface area contributed by atoms with Crippen molar-refractivity contribution in [2.45, 2.75) is 25.9 Å². The Labute approximate surface area is 161 Å². The number of rotatable bonds is 6. The van der Waals surface area contributed by atoms with Crippen molar-refractivity contribution in [3.05, 3.63) is 75.1 Å². The highest BCUT2D eigenvalue weighted by atomic mass is 16.5. The molecule has 6 nitrogen and oxygen atoms in total. The van der Waals surface area contributed by atoms with Crippen molar-refractivity contribution >= 4 is 22.6 Å². The lowest BCUT2D eigenvalue weighted by Gasteiger charge is -2.12. The van der Waals surface area contributed by atoms with Gasteiger partial charge in [-0.15, -0.1) is 0 Å².